The zero-order valence-corrected chi connectivity index (χ0v) is 16.3. The minimum absolute atomic E-state index is 0.0700. The third-order valence-corrected chi connectivity index (χ3v) is 5.71. The lowest BCUT2D eigenvalue weighted by molar-refractivity contribution is -0.117. The average molecular weight is 385 g/mol. The smallest absolute Gasteiger partial charge is 0.237 e. The minimum Gasteiger partial charge on any atom is -0.495 e. The Balaban J connectivity index is 1.65. The van der Waals surface area contributed by atoms with E-state index in [1.54, 1.807) is 7.11 Å². The molecular weight excluding hydrogens is 360 g/mol. The van der Waals surface area contributed by atoms with Crippen LogP contribution in [0.1, 0.15) is 26.2 Å². The molecule has 2 aromatic carbocycles. The number of rotatable bonds is 8. The summed E-state index contributed by atoms with van der Waals surface area (Å²) in [5, 5.41) is 5.65. The van der Waals surface area contributed by atoms with E-state index >= 15 is 0 Å². The van der Waals surface area contributed by atoms with E-state index < -0.39 is 0 Å². The lowest BCUT2D eigenvalue weighted by Gasteiger charge is -2.16. The number of hydrogen-bond acceptors (Lipinski definition) is 4. The van der Waals surface area contributed by atoms with E-state index in [1.165, 1.54) is 11.8 Å². The number of carbonyl (C=O) groups excluding carboxylic acids is 2. The number of nitrogens with one attached hydrogen (secondary N) is 2. The number of benzene rings is 2. The number of hydrogen-bond donors (Lipinski definition) is 2. The van der Waals surface area contributed by atoms with Gasteiger partial charge in [0.2, 0.25) is 11.8 Å². The molecule has 0 aromatic heterocycles. The molecule has 2 N–H and O–H groups in total. The Morgan fingerprint density at radius 2 is 1.93 bits per heavy atom. The Hall–Kier alpha value is -2.47. The summed E-state index contributed by atoms with van der Waals surface area (Å²) >= 11 is 1.49. The highest BCUT2D eigenvalue weighted by Crippen LogP contribution is 2.32. The summed E-state index contributed by atoms with van der Waals surface area (Å²) in [6.45, 7) is 1.98. The summed E-state index contributed by atoms with van der Waals surface area (Å²) in [5.41, 5.74) is 1.44. The van der Waals surface area contributed by atoms with E-state index in [4.69, 9.17) is 4.74 Å². The highest BCUT2D eigenvalue weighted by Gasteiger charge is 2.29. The molecule has 1 unspecified atom stereocenters. The van der Waals surface area contributed by atoms with Gasteiger partial charge in [-0.25, -0.2) is 0 Å². The van der Waals surface area contributed by atoms with Crippen LogP contribution >= 0.6 is 11.8 Å². The maximum absolute atomic E-state index is 12.7. The number of ether oxygens (including phenoxy) is 1. The molecule has 1 atom stereocenters. The lowest BCUT2D eigenvalue weighted by atomic mass is 10.2. The van der Waals surface area contributed by atoms with Gasteiger partial charge in [-0.3, -0.25) is 9.59 Å². The van der Waals surface area contributed by atoms with Crippen molar-refractivity contribution in [3.8, 4) is 5.75 Å². The molecule has 2 amide bonds. The number of carbonyl (C=O) groups is 2. The van der Waals surface area contributed by atoms with Crippen LogP contribution in [0.5, 0.6) is 5.75 Å². The highest BCUT2D eigenvalue weighted by molar-refractivity contribution is 8.00. The molecule has 2 aromatic rings. The Bertz CT molecular complexity index is 821. The van der Waals surface area contributed by atoms with Crippen LogP contribution in [0.3, 0.4) is 0 Å². The van der Waals surface area contributed by atoms with Gasteiger partial charge < -0.3 is 15.4 Å². The molecule has 1 saturated carbocycles. The standard InChI is InChI=1S/C21H24N2O3S/c1-3-19(21(25)23-17-9-4-5-10-18(17)26-2)27-16-8-6-7-15(13-16)22-20(24)14-11-12-14/h4-10,13-14,19H,3,11-12H2,1-2H3,(H,22,24)(H,23,25). The van der Waals surface area contributed by atoms with Gasteiger partial charge in [0.25, 0.3) is 0 Å². The number of anilines is 2. The van der Waals surface area contributed by atoms with Gasteiger partial charge in [0.15, 0.2) is 0 Å². The largest absolute Gasteiger partial charge is 0.495 e. The Kier molecular flexibility index (Phi) is 6.40. The van der Waals surface area contributed by atoms with Crippen molar-refractivity contribution in [1.29, 1.82) is 0 Å². The SMILES string of the molecule is CCC(Sc1cccc(NC(=O)C2CC2)c1)C(=O)Nc1ccccc1OC. The van der Waals surface area contributed by atoms with Gasteiger partial charge in [0, 0.05) is 16.5 Å². The molecule has 5 nitrogen and oxygen atoms in total. The van der Waals surface area contributed by atoms with Gasteiger partial charge in [0.05, 0.1) is 18.0 Å². The second-order valence-corrected chi connectivity index (χ2v) is 7.77. The molecule has 0 saturated heterocycles. The van der Waals surface area contributed by atoms with Gasteiger partial charge in [-0.2, -0.15) is 0 Å². The molecule has 0 heterocycles. The molecule has 0 spiro atoms. The molecule has 0 aliphatic heterocycles. The van der Waals surface area contributed by atoms with Crippen LogP contribution in [-0.2, 0) is 9.59 Å². The summed E-state index contributed by atoms with van der Waals surface area (Å²) in [6, 6.07) is 15.0. The molecule has 1 aliphatic carbocycles. The summed E-state index contributed by atoms with van der Waals surface area (Å²) in [7, 11) is 1.58. The van der Waals surface area contributed by atoms with Crippen LogP contribution in [0.4, 0.5) is 11.4 Å². The van der Waals surface area contributed by atoms with E-state index in [1.807, 2.05) is 55.5 Å². The first-order chi connectivity index (χ1) is 13.1. The zero-order chi connectivity index (χ0) is 19.2. The van der Waals surface area contributed by atoms with E-state index in [-0.39, 0.29) is 23.0 Å². The maximum Gasteiger partial charge on any atom is 0.237 e. The Labute approximate surface area is 163 Å². The van der Waals surface area contributed by atoms with E-state index in [0.29, 0.717) is 17.9 Å². The Morgan fingerprint density at radius 3 is 2.63 bits per heavy atom. The fraction of sp³-hybridized carbons (Fsp3) is 0.333. The van der Waals surface area contributed by atoms with Crippen LogP contribution in [0.25, 0.3) is 0 Å². The Morgan fingerprint density at radius 1 is 1.15 bits per heavy atom. The minimum atomic E-state index is -0.246. The molecule has 142 valence electrons. The number of thioether (sulfide) groups is 1. The molecule has 0 radical (unpaired) electrons. The van der Waals surface area contributed by atoms with E-state index in [9.17, 15) is 9.59 Å². The summed E-state index contributed by atoms with van der Waals surface area (Å²) in [5.74, 6) is 0.810. The molecule has 3 rings (SSSR count). The third kappa shape index (κ3) is 5.26. The van der Waals surface area contributed by atoms with Crippen LogP contribution in [-0.4, -0.2) is 24.2 Å². The van der Waals surface area contributed by atoms with Gasteiger partial charge >= 0.3 is 0 Å². The van der Waals surface area contributed by atoms with Gasteiger partial charge in [-0.1, -0.05) is 25.1 Å². The first-order valence-corrected chi connectivity index (χ1v) is 10.00. The highest BCUT2D eigenvalue weighted by atomic mass is 32.2. The maximum atomic E-state index is 12.7. The van der Waals surface area contributed by atoms with Crippen LogP contribution in [0.2, 0.25) is 0 Å². The molecular formula is C21H24N2O3S. The van der Waals surface area contributed by atoms with Crippen molar-refractivity contribution < 1.29 is 14.3 Å². The first kappa shape index (κ1) is 19.3. The topological polar surface area (TPSA) is 67.4 Å². The molecule has 1 fully saturated rings. The van der Waals surface area contributed by atoms with Gasteiger partial charge in [0.1, 0.15) is 5.75 Å². The predicted molar refractivity (Wildman–Crippen MR) is 109 cm³/mol. The van der Waals surface area contributed by atoms with E-state index in [2.05, 4.69) is 10.6 Å². The van der Waals surface area contributed by atoms with Crippen molar-refractivity contribution in [3.63, 3.8) is 0 Å². The summed E-state index contributed by atoms with van der Waals surface area (Å²) in [6.07, 6.45) is 2.63. The second-order valence-electron chi connectivity index (χ2n) is 6.50. The van der Waals surface area contributed by atoms with Crippen molar-refractivity contribution in [2.75, 3.05) is 17.7 Å². The van der Waals surface area contributed by atoms with Gasteiger partial charge in [-0.05, 0) is 49.6 Å². The lowest BCUT2D eigenvalue weighted by Crippen LogP contribution is -2.24. The number of para-hydroxylation sites is 2. The van der Waals surface area contributed by atoms with Crippen molar-refractivity contribution in [3.05, 3.63) is 48.5 Å². The fourth-order valence-corrected chi connectivity index (χ4v) is 3.70. The molecule has 6 heteroatoms. The first-order valence-electron chi connectivity index (χ1n) is 9.12. The zero-order valence-electron chi connectivity index (χ0n) is 15.5. The van der Waals surface area contributed by atoms with Crippen LogP contribution in [0.15, 0.2) is 53.4 Å². The normalized spacial score (nSPS) is 14.3. The summed E-state index contributed by atoms with van der Waals surface area (Å²) < 4.78 is 5.29. The van der Waals surface area contributed by atoms with Gasteiger partial charge in [-0.15, -0.1) is 11.8 Å². The van der Waals surface area contributed by atoms with Crippen LogP contribution < -0.4 is 15.4 Å². The molecule has 27 heavy (non-hydrogen) atoms. The average Bonchev–Trinajstić information content (AvgIpc) is 3.52. The van der Waals surface area contributed by atoms with Crippen molar-refractivity contribution in [2.45, 2.75) is 36.3 Å². The number of amides is 2. The van der Waals surface area contributed by atoms with E-state index in [0.717, 1.165) is 23.4 Å². The monoisotopic (exact) mass is 384 g/mol. The van der Waals surface area contributed by atoms with Crippen molar-refractivity contribution >= 4 is 35.0 Å². The fourth-order valence-electron chi connectivity index (χ4n) is 2.68. The molecule has 0 bridgehead atoms. The second kappa shape index (κ2) is 8.95. The van der Waals surface area contributed by atoms with Crippen molar-refractivity contribution in [1.82, 2.24) is 0 Å². The van der Waals surface area contributed by atoms with Crippen molar-refractivity contribution in [2.24, 2.45) is 5.92 Å². The third-order valence-electron chi connectivity index (χ3n) is 4.36. The molecule has 1 aliphatic rings. The summed E-state index contributed by atoms with van der Waals surface area (Å²) in [4.78, 5) is 25.6. The number of methoxy groups -OCH3 is 1. The predicted octanol–water partition coefficient (Wildman–Crippen LogP) is 4.55. The quantitative estimate of drug-likeness (QED) is 0.655. The van der Waals surface area contributed by atoms with Crippen LogP contribution in [0, 0.1) is 5.92 Å².